The Morgan fingerprint density at radius 1 is 0.897 bits per heavy atom. The van der Waals surface area contributed by atoms with Crippen LogP contribution in [0.3, 0.4) is 0 Å². The third-order valence-electron chi connectivity index (χ3n) is 5.92. The van der Waals surface area contributed by atoms with E-state index < -0.39 is 0 Å². The van der Waals surface area contributed by atoms with Crippen LogP contribution in [0.2, 0.25) is 5.02 Å². The van der Waals surface area contributed by atoms with Crippen LogP contribution in [0.4, 0.5) is 4.39 Å². The number of hydrogen-bond donors (Lipinski definition) is 0. The van der Waals surface area contributed by atoms with Crippen LogP contribution in [0.1, 0.15) is 48.9 Å². The lowest BCUT2D eigenvalue weighted by Crippen LogP contribution is -2.36. The molecule has 1 aliphatic carbocycles. The number of nitrogens with zero attached hydrogens (tertiary/aromatic N) is 2. The summed E-state index contributed by atoms with van der Waals surface area (Å²) in [5.74, 6) is -0.188. The minimum absolute atomic E-state index is 0.188. The molecule has 1 saturated carbocycles. The average Bonchev–Trinajstić information content (AvgIpc) is 3.16. The van der Waals surface area contributed by atoms with E-state index in [1.54, 1.807) is 0 Å². The highest BCUT2D eigenvalue weighted by atomic mass is 35.5. The van der Waals surface area contributed by atoms with Crippen molar-refractivity contribution in [3.05, 3.63) is 94.5 Å². The first-order valence-electron chi connectivity index (χ1n) is 10.5. The predicted molar refractivity (Wildman–Crippen MR) is 118 cm³/mol. The van der Waals surface area contributed by atoms with Gasteiger partial charge in [0.1, 0.15) is 5.82 Å². The van der Waals surface area contributed by atoms with Crippen molar-refractivity contribution in [1.29, 1.82) is 0 Å². The monoisotopic (exact) mass is 410 g/mol. The molecule has 29 heavy (non-hydrogen) atoms. The van der Waals surface area contributed by atoms with E-state index in [2.05, 4.69) is 39.9 Å². The molecule has 1 aliphatic rings. The van der Waals surface area contributed by atoms with Crippen LogP contribution >= 0.6 is 11.6 Å². The Balaban J connectivity index is 1.52. The minimum atomic E-state index is -0.188. The lowest BCUT2D eigenvalue weighted by molar-refractivity contribution is 0.137. The Labute approximate surface area is 177 Å². The first-order valence-corrected chi connectivity index (χ1v) is 10.9. The molecular formula is C25H28ClFN2. The number of benzene rings is 2. The Morgan fingerprint density at radius 2 is 1.69 bits per heavy atom. The zero-order valence-corrected chi connectivity index (χ0v) is 17.5. The van der Waals surface area contributed by atoms with Crippen LogP contribution in [0.5, 0.6) is 0 Å². The second kappa shape index (κ2) is 9.60. The number of aromatic nitrogens is 1. The van der Waals surface area contributed by atoms with Crippen molar-refractivity contribution in [2.75, 3.05) is 0 Å². The maximum atomic E-state index is 13.2. The summed E-state index contributed by atoms with van der Waals surface area (Å²) in [6.07, 6.45) is 8.62. The summed E-state index contributed by atoms with van der Waals surface area (Å²) in [4.78, 5) is 2.61. The highest BCUT2D eigenvalue weighted by Gasteiger charge is 2.22. The van der Waals surface area contributed by atoms with Crippen LogP contribution in [0.15, 0.2) is 66.9 Å². The third-order valence-corrected chi connectivity index (χ3v) is 6.16. The maximum Gasteiger partial charge on any atom is 0.123 e. The molecule has 1 fully saturated rings. The summed E-state index contributed by atoms with van der Waals surface area (Å²) in [5.41, 5.74) is 3.67. The van der Waals surface area contributed by atoms with Gasteiger partial charge in [0.15, 0.2) is 0 Å². The second-order valence-electron chi connectivity index (χ2n) is 8.08. The van der Waals surface area contributed by atoms with Crippen molar-refractivity contribution in [2.24, 2.45) is 0 Å². The lowest BCUT2D eigenvalue weighted by atomic mass is 9.93. The number of rotatable bonds is 7. The standard InChI is InChI=1S/C25H28ClFN2/c26-22-7-4-6-21(16-22)18-29(24-8-2-1-3-9-24)19-25-10-5-15-28(25)17-20-11-13-23(27)14-12-20/h4-7,10-16,24H,1-3,8-9,17-19H2. The summed E-state index contributed by atoms with van der Waals surface area (Å²) in [6, 6.07) is 19.9. The van der Waals surface area contributed by atoms with E-state index in [-0.39, 0.29) is 5.82 Å². The SMILES string of the molecule is Fc1ccc(Cn2cccc2CN(Cc2cccc(Cl)c2)C2CCCCC2)cc1. The van der Waals surface area contributed by atoms with Crippen LogP contribution in [0, 0.1) is 5.82 Å². The molecule has 0 spiro atoms. The molecule has 0 radical (unpaired) electrons. The lowest BCUT2D eigenvalue weighted by Gasteiger charge is -2.34. The van der Waals surface area contributed by atoms with Gasteiger partial charge in [-0.1, -0.05) is 55.1 Å². The van der Waals surface area contributed by atoms with Crippen LogP contribution in [0.25, 0.3) is 0 Å². The van der Waals surface area contributed by atoms with Gasteiger partial charge in [-0.15, -0.1) is 0 Å². The second-order valence-corrected chi connectivity index (χ2v) is 8.52. The third kappa shape index (κ3) is 5.49. The molecule has 4 heteroatoms. The molecule has 3 aromatic rings. The first kappa shape index (κ1) is 20.2. The molecule has 0 saturated heterocycles. The fourth-order valence-electron chi connectivity index (χ4n) is 4.37. The van der Waals surface area contributed by atoms with E-state index in [1.165, 1.54) is 55.5 Å². The van der Waals surface area contributed by atoms with Crippen molar-refractivity contribution >= 4 is 11.6 Å². The van der Waals surface area contributed by atoms with E-state index in [0.29, 0.717) is 6.04 Å². The maximum absolute atomic E-state index is 13.2. The normalized spacial score (nSPS) is 15.1. The van der Waals surface area contributed by atoms with E-state index in [9.17, 15) is 4.39 Å². The Hall–Kier alpha value is -2.10. The zero-order valence-electron chi connectivity index (χ0n) is 16.7. The quantitative estimate of drug-likeness (QED) is 0.422. The largest absolute Gasteiger partial charge is 0.346 e. The Morgan fingerprint density at radius 3 is 2.45 bits per heavy atom. The van der Waals surface area contributed by atoms with Crippen molar-refractivity contribution in [3.8, 4) is 0 Å². The van der Waals surface area contributed by atoms with Gasteiger partial charge < -0.3 is 4.57 Å². The molecular weight excluding hydrogens is 383 g/mol. The predicted octanol–water partition coefficient (Wildman–Crippen LogP) is 6.66. The van der Waals surface area contributed by atoms with Gasteiger partial charge in [-0.25, -0.2) is 4.39 Å². The molecule has 1 heterocycles. The van der Waals surface area contributed by atoms with Gasteiger partial charge in [-0.3, -0.25) is 4.90 Å². The molecule has 2 aromatic carbocycles. The van der Waals surface area contributed by atoms with Crippen LogP contribution in [-0.4, -0.2) is 15.5 Å². The van der Waals surface area contributed by atoms with Gasteiger partial charge in [-0.05, 0) is 60.4 Å². The average molecular weight is 411 g/mol. The van der Waals surface area contributed by atoms with Gasteiger partial charge in [-0.2, -0.15) is 0 Å². The Bertz CT molecular complexity index is 913. The summed E-state index contributed by atoms with van der Waals surface area (Å²) in [7, 11) is 0. The van der Waals surface area contributed by atoms with Crippen molar-refractivity contribution in [1.82, 2.24) is 9.47 Å². The number of hydrogen-bond acceptors (Lipinski definition) is 1. The molecule has 0 N–H and O–H groups in total. The molecule has 0 atom stereocenters. The van der Waals surface area contributed by atoms with E-state index in [0.717, 1.165) is 30.2 Å². The zero-order chi connectivity index (χ0) is 20.1. The molecule has 4 rings (SSSR count). The molecule has 1 aromatic heterocycles. The van der Waals surface area contributed by atoms with Crippen molar-refractivity contribution in [2.45, 2.75) is 57.8 Å². The van der Waals surface area contributed by atoms with Gasteiger partial charge in [0, 0.05) is 42.6 Å². The van der Waals surface area contributed by atoms with Crippen LogP contribution in [-0.2, 0) is 19.6 Å². The molecule has 0 aliphatic heterocycles. The van der Waals surface area contributed by atoms with E-state index in [1.807, 2.05) is 24.3 Å². The van der Waals surface area contributed by atoms with Gasteiger partial charge in [0.2, 0.25) is 0 Å². The van der Waals surface area contributed by atoms with Crippen LogP contribution < -0.4 is 0 Å². The summed E-state index contributed by atoms with van der Waals surface area (Å²) < 4.78 is 15.5. The molecule has 0 amide bonds. The van der Waals surface area contributed by atoms with Gasteiger partial charge in [0.25, 0.3) is 0 Å². The van der Waals surface area contributed by atoms with E-state index in [4.69, 9.17) is 11.6 Å². The fraction of sp³-hybridized carbons (Fsp3) is 0.360. The first-order chi connectivity index (χ1) is 14.2. The molecule has 0 unspecified atom stereocenters. The van der Waals surface area contributed by atoms with Gasteiger partial charge >= 0.3 is 0 Å². The smallest absolute Gasteiger partial charge is 0.123 e. The molecule has 2 nitrogen and oxygen atoms in total. The fourth-order valence-corrected chi connectivity index (χ4v) is 4.58. The molecule has 0 bridgehead atoms. The van der Waals surface area contributed by atoms with E-state index >= 15 is 0 Å². The highest BCUT2D eigenvalue weighted by Crippen LogP contribution is 2.26. The highest BCUT2D eigenvalue weighted by molar-refractivity contribution is 6.30. The minimum Gasteiger partial charge on any atom is -0.346 e. The van der Waals surface area contributed by atoms with Crippen molar-refractivity contribution in [3.63, 3.8) is 0 Å². The molecule has 152 valence electrons. The number of halogens is 2. The summed E-state index contributed by atoms with van der Waals surface area (Å²) in [5, 5.41) is 0.797. The van der Waals surface area contributed by atoms with Gasteiger partial charge in [0.05, 0.1) is 0 Å². The summed E-state index contributed by atoms with van der Waals surface area (Å²) in [6.45, 7) is 2.58. The summed E-state index contributed by atoms with van der Waals surface area (Å²) >= 11 is 6.23. The van der Waals surface area contributed by atoms with Crippen molar-refractivity contribution < 1.29 is 4.39 Å². The topological polar surface area (TPSA) is 8.17 Å². The Kier molecular flexibility index (Phi) is 6.68.